The summed E-state index contributed by atoms with van der Waals surface area (Å²) in [5.74, 6) is 1.33. The molecule has 0 radical (unpaired) electrons. The van der Waals surface area contributed by atoms with E-state index in [2.05, 4.69) is 62.5 Å². The summed E-state index contributed by atoms with van der Waals surface area (Å²) in [6, 6.07) is 20.5. The minimum absolute atomic E-state index is 0.0169. The average Bonchev–Trinajstić information content (AvgIpc) is 2.65. The van der Waals surface area contributed by atoms with Crippen LogP contribution in [0.15, 0.2) is 60.7 Å². The third-order valence-electron chi connectivity index (χ3n) is 4.70. The molecule has 0 aliphatic carbocycles. The van der Waals surface area contributed by atoms with Crippen molar-refractivity contribution in [1.82, 2.24) is 5.32 Å². The van der Waals surface area contributed by atoms with Gasteiger partial charge in [0, 0.05) is 0 Å². The average molecular weight is 361 g/mol. The lowest BCUT2D eigenvalue weighted by Gasteiger charge is -2.15. The van der Waals surface area contributed by atoms with Gasteiger partial charge in [-0.05, 0) is 46.4 Å². The zero-order chi connectivity index (χ0) is 19.2. The van der Waals surface area contributed by atoms with Crippen LogP contribution in [0.2, 0.25) is 0 Å². The number of hydrogen-bond donors (Lipinski definition) is 1. The van der Waals surface area contributed by atoms with E-state index in [1.165, 1.54) is 11.1 Å². The molecule has 0 fully saturated rings. The molecular formula is C24H27NO2. The fraction of sp³-hybridized carbons (Fsp3) is 0.292. The fourth-order valence-electron chi connectivity index (χ4n) is 3.28. The molecule has 0 atom stereocenters. The van der Waals surface area contributed by atoms with Crippen LogP contribution >= 0.6 is 0 Å². The lowest BCUT2D eigenvalue weighted by molar-refractivity contribution is -0.120. The van der Waals surface area contributed by atoms with Gasteiger partial charge in [-0.2, -0.15) is 0 Å². The van der Waals surface area contributed by atoms with Crippen LogP contribution in [0, 0.1) is 6.92 Å². The van der Waals surface area contributed by atoms with Gasteiger partial charge in [0.25, 0.3) is 0 Å². The van der Waals surface area contributed by atoms with Crippen molar-refractivity contribution in [2.45, 2.75) is 33.1 Å². The van der Waals surface area contributed by atoms with Crippen LogP contribution < -0.4 is 10.1 Å². The molecule has 3 aromatic carbocycles. The van der Waals surface area contributed by atoms with Crippen molar-refractivity contribution >= 4 is 16.7 Å². The summed E-state index contributed by atoms with van der Waals surface area (Å²) in [4.78, 5) is 12.3. The SMILES string of the molecule is Cc1ccc(C(C)C)c(OCCNC(=O)Cc2cccc3ccccc23)c1. The van der Waals surface area contributed by atoms with Crippen LogP contribution in [0.25, 0.3) is 10.8 Å². The summed E-state index contributed by atoms with van der Waals surface area (Å²) in [5, 5.41) is 5.26. The molecule has 0 saturated heterocycles. The van der Waals surface area contributed by atoms with Crippen LogP contribution in [0.3, 0.4) is 0 Å². The Kier molecular flexibility index (Phi) is 6.12. The van der Waals surface area contributed by atoms with E-state index in [4.69, 9.17) is 4.74 Å². The number of nitrogens with one attached hydrogen (secondary N) is 1. The molecule has 3 nitrogen and oxygen atoms in total. The molecule has 3 heteroatoms. The van der Waals surface area contributed by atoms with E-state index in [9.17, 15) is 4.79 Å². The Labute approximate surface area is 161 Å². The third-order valence-corrected chi connectivity index (χ3v) is 4.70. The maximum Gasteiger partial charge on any atom is 0.224 e. The zero-order valence-corrected chi connectivity index (χ0v) is 16.3. The van der Waals surface area contributed by atoms with Gasteiger partial charge < -0.3 is 10.1 Å². The monoisotopic (exact) mass is 361 g/mol. The number of carbonyl (C=O) groups is 1. The van der Waals surface area contributed by atoms with Crippen LogP contribution in [-0.4, -0.2) is 19.1 Å². The van der Waals surface area contributed by atoms with Crippen molar-refractivity contribution in [3.8, 4) is 5.75 Å². The van der Waals surface area contributed by atoms with E-state index in [-0.39, 0.29) is 5.91 Å². The molecule has 0 saturated carbocycles. The van der Waals surface area contributed by atoms with Gasteiger partial charge >= 0.3 is 0 Å². The first kappa shape index (κ1) is 19.0. The van der Waals surface area contributed by atoms with Gasteiger partial charge in [-0.25, -0.2) is 0 Å². The van der Waals surface area contributed by atoms with Crippen molar-refractivity contribution in [2.75, 3.05) is 13.2 Å². The smallest absolute Gasteiger partial charge is 0.224 e. The number of rotatable bonds is 7. The Morgan fingerprint density at radius 3 is 2.63 bits per heavy atom. The minimum atomic E-state index is 0.0169. The van der Waals surface area contributed by atoms with Gasteiger partial charge in [0.2, 0.25) is 5.91 Å². The first-order valence-corrected chi connectivity index (χ1v) is 9.51. The van der Waals surface area contributed by atoms with Crippen molar-refractivity contribution in [2.24, 2.45) is 0 Å². The van der Waals surface area contributed by atoms with Crippen molar-refractivity contribution in [1.29, 1.82) is 0 Å². The van der Waals surface area contributed by atoms with Crippen molar-refractivity contribution in [3.63, 3.8) is 0 Å². The standard InChI is InChI=1S/C24H27NO2/c1-17(2)21-12-11-18(3)15-23(21)27-14-13-25-24(26)16-20-9-6-8-19-7-4-5-10-22(19)20/h4-12,15,17H,13-14,16H2,1-3H3,(H,25,26). The molecular weight excluding hydrogens is 334 g/mol. The van der Waals surface area contributed by atoms with Gasteiger partial charge in [0.1, 0.15) is 12.4 Å². The summed E-state index contributed by atoms with van der Waals surface area (Å²) in [6.45, 7) is 7.33. The number of fused-ring (bicyclic) bond motifs is 1. The highest BCUT2D eigenvalue weighted by molar-refractivity contribution is 5.90. The summed E-state index contributed by atoms with van der Waals surface area (Å²) in [6.07, 6.45) is 0.378. The molecule has 3 aromatic rings. The van der Waals surface area contributed by atoms with Crippen LogP contribution in [0.5, 0.6) is 5.75 Å². The molecule has 0 spiro atoms. The molecule has 0 aromatic heterocycles. The summed E-state index contributed by atoms with van der Waals surface area (Å²) in [7, 11) is 0. The quantitative estimate of drug-likeness (QED) is 0.601. The van der Waals surface area contributed by atoms with E-state index in [1.807, 2.05) is 24.3 Å². The maximum atomic E-state index is 12.3. The summed E-state index contributed by atoms with van der Waals surface area (Å²) < 4.78 is 5.94. The molecule has 0 unspecified atom stereocenters. The zero-order valence-electron chi connectivity index (χ0n) is 16.3. The second-order valence-corrected chi connectivity index (χ2v) is 7.21. The topological polar surface area (TPSA) is 38.3 Å². The van der Waals surface area contributed by atoms with E-state index in [1.54, 1.807) is 0 Å². The maximum absolute atomic E-state index is 12.3. The molecule has 3 rings (SSSR count). The number of amides is 1. The van der Waals surface area contributed by atoms with E-state index in [0.717, 1.165) is 22.1 Å². The minimum Gasteiger partial charge on any atom is -0.491 e. The molecule has 140 valence electrons. The Morgan fingerprint density at radius 2 is 1.81 bits per heavy atom. The molecule has 0 aliphatic heterocycles. The number of ether oxygens (including phenoxy) is 1. The molecule has 27 heavy (non-hydrogen) atoms. The van der Waals surface area contributed by atoms with Gasteiger partial charge in [-0.15, -0.1) is 0 Å². The summed E-state index contributed by atoms with van der Waals surface area (Å²) in [5.41, 5.74) is 3.42. The van der Waals surface area contributed by atoms with E-state index < -0.39 is 0 Å². The van der Waals surface area contributed by atoms with Crippen LogP contribution in [0.4, 0.5) is 0 Å². The molecule has 0 heterocycles. The Balaban J connectivity index is 1.54. The molecule has 1 amide bonds. The van der Waals surface area contributed by atoms with Gasteiger partial charge in [0.05, 0.1) is 13.0 Å². The largest absolute Gasteiger partial charge is 0.491 e. The lowest BCUT2D eigenvalue weighted by atomic mass is 10.0. The highest BCUT2D eigenvalue weighted by Crippen LogP contribution is 2.27. The molecule has 0 aliphatic rings. The van der Waals surface area contributed by atoms with Crippen molar-refractivity contribution in [3.05, 3.63) is 77.4 Å². The summed E-state index contributed by atoms with van der Waals surface area (Å²) >= 11 is 0. The predicted molar refractivity (Wildman–Crippen MR) is 111 cm³/mol. The second-order valence-electron chi connectivity index (χ2n) is 7.21. The van der Waals surface area contributed by atoms with Gasteiger partial charge in [-0.3, -0.25) is 4.79 Å². The van der Waals surface area contributed by atoms with Crippen LogP contribution in [0.1, 0.15) is 36.5 Å². The Hall–Kier alpha value is -2.81. The molecule has 0 bridgehead atoms. The highest BCUT2D eigenvalue weighted by atomic mass is 16.5. The van der Waals surface area contributed by atoms with Gasteiger partial charge in [0.15, 0.2) is 0 Å². The van der Waals surface area contributed by atoms with Crippen LogP contribution in [-0.2, 0) is 11.2 Å². The highest BCUT2D eigenvalue weighted by Gasteiger charge is 2.09. The van der Waals surface area contributed by atoms with E-state index >= 15 is 0 Å². The van der Waals surface area contributed by atoms with Crippen molar-refractivity contribution < 1.29 is 9.53 Å². The predicted octanol–water partition coefficient (Wildman–Crippen LogP) is 5.01. The number of carbonyl (C=O) groups excluding carboxylic acids is 1. The first-order valence-electron chi connectivity index (χ1n) is 9.51. The lowest BCUT2D eigenvalue weighted by Crippen LogP contribution is -2.29. The molecule has 1 N–H and O–H groups in total. The number of aryl methyl sites for hydroxylation is 1. The second kappa shape index (κ2) is 8.72. The number of hydrogen-bond acceptors (Lipinski definition) is 2. The first-order chi connectivity index (χ1) is 13.0. The normalized spacial score (nSPS) is 11.0. The van der Waals surface area contributed by atoms with Gasteiger partial charge in [-0.1, -0.05) is 68.4 Å². The Bertz CT molecular complexity index is 925. The third kappa shape index (κ3) is 4.88. The fourth-order valence-corrected chi connectivity index (χ4v) is 3.28. The number of benzene rings is 3. The Morgan fingerprint density at radius 1 is 1.04 bits per heavy atom. The van der Waals surface area contributed by atoms with E-state index in [0.29, 0.717) is 25.5 Å².